The van der Waals surface area contributed by atoms with Crippen molar-refractivity contribution in [3.8, 4) is 0 Å². The zero-order valence-electron chi connectivity index (χ0n) is 14.8. The number of hydrogen-bond acceptors (Lipinski definition) is 3. The summed E-state index contributed by atoms with van der Waals surface area (Å²) in [5.74, 6) is 2.49. The number of hydrogen-bond donors (Lipinski definition) is 1. The normalized spacial score (nSPS) is 20.2. The number of nitrogens with one attached hydrogen (secondary N) is 1. The lowest BCUT2D eigenvalue weighted by atomic mass is 10.0. The third-order valence-electron chi connectivity index (χ3n) is 5.69. The molecule has 1 aliphatic carbocycles. The van der Waals surface area contributed by atoms with Crippen LogP contribution in [0.5, 0.6) is 0 Å². The molecule has 5 rings (SSSR count). The fourth-order valence-corrected chi connectivity index (χ4v) is 3.98. The van der Waals surface area contributed by atoms with Crippen LogP contribution in [0.1, 0.15) is 35.4 Å². The van der Waals surface area contributed by atoms with Gasteiger partial charge in [-0.25, -0.2) is 0 Å². The van der Waals surface area contributed by atoms with Crippen molar-refractivity contribution in [3.05, 3.63) is 48.2 Å². The second-order valence-electron chi connectivity index (χ2n) is 7.73. The summed E-state index contributed by atoms with van der Waals surface area (Å²) in [5.41, 5.74) is 1.84. The Morgan fingerprint density at radius 1 is 1.19 bits per heavy atom. The molecule has 0 bridgehead atoms. The van der Waals surface area contributed by atoms with Gasteiger partial charge in [0.25, 0.3) is 5.91 Å². The van der Waals surface area contributed by atoms with Crippen molar-refractivity contribution >= 4 is 16.8 Å². The average Bonchev–Trinajstić information content (AvgIpc) is 3.05. The lowest BCUT2D eigenvalue weighted by Crippen LogP contribution is -2.29. The van der Waals surface area contributed by atoms with E-state index in [0.29, 0.717) is 5.92 Å². The Morgan fingerprint density at radius 2 is 2.12 bits per heavy atom. The molecule has 1 aliphatic heterocycles. The van der Waals surface area contributed by atoms with Gasteiger partial charge in [-0.2, -0.15) is 0 Å². The number of rotatable bonds is 5. The number of nitrogens with zero attached hydrogens (tertiary/aromatic N) is 4. The molecular formula is C20H23N5O. The number of amides is 1. The van der Waals surface area contributed by atoms with E-state index in [1.54, 1.807) is 0 Å². The highest BCUT2D eigenvalue weighted by atomic mass is 16.2. The van der Waals surface area contributed by atoms with Crippen LogP contribution in [0, 0.1) is 11.8 Å². The van der Waals surface area contributed by atoms with Gasteiger partial charge in [-0.3, -0.25) is 4.79 Å². The van der Waals surface area contributed by atoms with E-state index in [9.17, 15) is 4.79 Å². The fraction of sp³-hybridized carbons (Fsp3) is 0.450. The Balaban J connectivity index is 1.25. The van der Waals surface area contributed by atoms with Crippen molar-refractivity contribution in [2.45, 2.75) is 32.2 Å². The van der Waals surface area contributed by atoms with Gasteiger partial charge < -0.3 is 14.5 Å². The molecule has 6 nitrogen and oxygen atoms in total. The van der Waals surface area contributed by atoms with Crippen molar-refractivity contribution in [2.75, 3.05) is 13.1 Å². The predicted octanol–water partition coefficient (Wildman–Crippen LogP) is 2.87. The van der Waals surface area contributed by atoms with Crippen LogP contribution in [0.25, 0.3) is 10.9 Å². The van der Waals surface area contributed by atoms with Crippen molar-refractivity contribution in [2.24, 2.45) is 11.8 Å². The number of fused-ring (bicyclic) bond motifs is 1. The SMILES string of the molecule is O=C(c1ccc2[nH]ccc2c1)N1CCC(Cc2nncn2CC2CC2)C1. The van der Waals surface area contributed by atoms with Crippen molar-refractivity contribution < 1.29 is 4.79 Å². The predicted molar refractivity (Wildman–Crippen MR) is 98.8 cm³/mol. The Labute approximate surface area is 152 Å². The molecule has 1 amide bonds. The van der Waals surface area contributed by atoms with E-state index in [0.717, 1.165) is 60.7 Å². The van der Waals surface area contributed by atoms with Gasteiger partial charge in [0.2, 0.25) is 0 Å². The van der Waals surface area contributed by atoms with Crippen LogP contribution in [-0.4, -0.2) is 43.6 Å². The highest BCUT2D eigenvalue weighted by Gasteiger charge is 2.29. The first-order chi connectivity index (χ1) is 12.8. The summed E-state index contributed by atoms with van der Waals surface area (Å²) in [6, 6.07) is 7.89. The largest absolute Gasteiger partial charge is 0.361 e. The molecule has 2 aliphatic rings. The highest BCUT2D eigenvalue weighted by molar-refractivity contribution is 5.98. The molecule has 0 spiro atoms. The highest BCUT2D eigenvalue weighted by Crippen LogP contribution is 2.31. The number of benzene rings is 1. The first-order valence-electron chi connectivity index (χ1n) is 9.49. The fourth-order valence-electron chi connectivity index (χ4n) is 3.98. The Kier molecular flexibility index (Phi) is 3.76. The van der Waals surface area contributed by atoms with Crippen LogP contribution in [0.3, 0.4) is 0 Å². The molecular weight excluding hydrogens is 326 g/mol. The van der Waals surface area contributed by atoms with Crippen LogP contribution in [-0.2, 0) is 13.0 Å². The molecule has 1 aromatic carbocycles. The number of H-pyrrole nitrogens is 1. The molecule has 1 unspecified atom stereocenters. The number of carbonyl (C=O) groups is 1. The van der Waals surface area contributed by atoms with Crippen molar-refractivity contribution in [1.82, 2.24) is 24.6 Å². The van der Waals surface area contributed by atoms with Gasteiger partial charge in [-0.15, -0.1) is 10.2 Å². The molecule has 2 aromatic heterocycles. The summed E-state index contributed by atoms with van der Waals surface area (Å²) >= 11 is 0. The standard InChI is InChI=1S/C20H23N5O/c26-20(17-3-4-18-16(10-17)5-7-21-18)24-8-6-15(12-24)9-19-23-22-13-25(19)11-14-1-2-14/h3-5,7,10,13-15,21H,1-2,6,8-9,11-12H2. The summed E-state index contributed by atoms with van der Waals surface area (Å²) in [6.45, 7) is 2.68. The quantitative estimate of drug-likeness (QED) is 0.770. The van der Waals surface area contributed by atoms with Crippen LogP contribution in [0.4, 0.5) is 0 Å². The Hall–Kier alpha value is -2.63. The van der Waals surface area contributed by atoms with Crippen LogP contribution in [0.15, 0.2) is 36.8 Å². The minimum Gasteiger partial charge on any atom is -0.361 e. The van der Waals surface area contributed by atoms with Crippen molar-refractivity contribution in [3.63, 3.8) is 0 Å². The van der Waals surface area contributed by atoms with Gasteiger partial charge in [0.15, 0.2) is 0 Å². The topological polar surface area (TPSA) is 66.8 Å². The molecule has 134 valence electrons. The van der Waals surface area contributed by atoms with E-state index >= 15 is 0 Å². The van der Waals surface area contributed by atoms with Crippen LogP contribution < -0.4 is 0 Å². The van der Waals surface area contributed by atoms with E-state index in [2.05, 4.69) is 19.7 Å². The Bertz CT molecular complexity index is 938. The maximum Gasteiger partial charge on any atom is 0.253 e. The van der Waals surface area contributed by atoms with Gasteiger partial charge in [-0.05, 0) is 55.4 Å². The minimum atomic E-state index is 0.134. The molecule has 2 fully saturated rings. The number of likely N-dealkylation sites (tertiary alicyclic amines) is 1. The van der Waals surface area contributed by atoms with E-state index in [1.165, 1.54) is 12.8 Å². The third kappa shape index (κ3) is 3.00. The molecule has 0 radical (unpaired) electrons. The Morgan fingerprint density at radius 3 is 3.00 bits per heavy atom. The first kappa shape index (κ1) is 15.6. The van der Waals surface area contributed by atoms with E-state index in [-0.39, 0.29) is 5.91 Å². The van der Waals surface area contributed by atoms with E-state index < -0.39 is 0 Å². The summed E-state index contributed by atoms with van der Waals surface area (Å²) in [6.07, 6.45) is 8.37. The minimum absolute atomic E-state index is 0.134. The van der Waals surface area contributed by atoms with Gasteiger partial charge in [0.05, 0.1) is 0 Å². The van der Waals surface area contributed by atoms with Gasteiger partial charge >= 0.3 is 0 Å². The molecule has 1 N–H and O–H groups in total. The second-order valence-corrected chi connectivity index (χ2v) is 7.73. The number of aromatic amines is 1. The van der Waals surface area contributed by atoms with E-state index in [1.807, 2.05) is 41.7 Å². The molecule has 1 saturated carbocycles. The van der Waals surface area contributed by atoms with Crippen LogP contribution >= 0.6 is 0 Å². The molecule has 26 heavy (non-hydrogen) atoms. The zero-order chi connectivity index (χ0) is 17.5. The lowest BCUT2D eigenvalue weighted by molar-refractivity contribution is 0.0787. The number of aromatic nitrogens is 4. The molecule has 3 heterocycles. The summed E-state index contributed by atoms with van der Waals surface area (Å²) in [4.78, 5) is 18.0. The maximum atomic E-state index is 12.9. The van der Waals surface area contributed by atoms with Gasteiger partial charge in [0, 0.05) is 48.7 Å². The average molecular weight is 349 g/mol. The number of carbonyl (C=O) groups excluding carboxylic acids is 1. The zero-order valence-corrected chi connectivity index (χ0v) is 14.8. The molecule has 3 aromatic rings. The van der Waals surface area contributed by atoms with Gasteiger partial charge in [-0.1, -0.05) is 0 Å². The van der Waals surface area contributed by atoms with E-state index in [4.69, 9.17) is 0 Å². The van der Waals surface area contributed by atoms with Crippen molar-refractivity contribution in [1.29, 1.82) is 0 Å². The third-order valence-corrected chi connectivity index (χ3v) is 5.69. The molecule has 1 atom stereocenters. The second kappa shape index (κ2) is 6.27. The maximum absolute atomic E-state index is 12.9. The van der Waals surface area contributed by atoms with Gasteiger partial charge in [0.1, 0.15) is 12.2 Å². The monoisotopic (exact) mass is 349 g/mol. The summed E-state index contributed by atoms with van der Waals surface area (Å²) in [5, 5.41) is 9.51. The lowest BCUT2D eigenvalue weighted by Gasteiger charge is -2.17. The summed E-state index contributed by atoms with van der Waals surface area (Å²) in [7, 11) is 0. The summed E-state index contributed by atoms with van der Waals surface area (Å²) < 4.78 is 2.21. The van der Waals surface area contributed by atoms with Crippen LogP contribution in [0.2, 0.25) is 0 Å². The first-order valence-corrected chi connectivity index (χ1v) is 9.49. The molecule has 6 heteroatoms. The smallest absolute Gasteiger partial charge is 0.253 e. The molecule has 1 saturated heterocycles.